The number of hydrogen-bond acceptors (Lipinski definition) is 3. The van der Waals surface area contributed by atoms with Crippen molar-refractivity contribution in [2.45, 2.75) is 45.7 Å². The van der Waals surface area contributed by atoms with Crippen LogP contribution in [0.25, 0.3) is 0 Å². The molecule has 0 amide bonds. The summed E-state index contributed by atoms with van der Waals surface area (Å²) in [6.45, 7) is 6.98. The molecule has 4 nitrogen and oxygen atoms in total. The van der Waals surface area contributed by atoms with E-state index in [1.54, 1.807) is 0 Å². The van der Waals surface area contributed by atoms with Crippen LogP contribution in [0.15, 0.2) is 36.5 Å². The van der Waals surface area contributed by atoms with Crippen LogP contribution >= 0.6 is 0 Å². The number of benzene rings is 1. The Morgan fingerprint density at radius 2 is 2.10 bits per heavy atom. The van der Waals surface area contributed by atoms with E-state index in [0.717, 1.165) is 29.8 Å². The molecule has 0 saturated heterocycles. The summed E-state index contributed by atoms with van der Waals surface area (Å²) in [4.78, 5) is 0. The van der Waals surface area contributed by atoms with E-state index in [-0.39, 0.29) is 6.04 Å². The minimum atomic E-state index is -0.0642. The molecule has 2 aromatic rings. The molecular formula is C17H25N3O. The molecule has 2 rings (SSSR count). The van der Waals surface area contributed by atoms with Gasteiger partial charge in [0.2, 0.25) is 0 Å². The lowest BCUT2D eigenvalue weighted by atomic mass is 10.0. The van der Waals surface area contributed by atoms with Crippen LogP contribution in [-0.2, 0) is 6.42 Å². The van der Waals surface area contributed by atoms with Crippen molar-refractivity contribution < 1.29 is 4.74 Å². The average Bonchev–Trinajstić information content (AvgIpc) is 2.95. The molecule has 0 bridgehead atoms. The van der Waals surface area contributed by atoms with Gasteiger partial charge in [-0.1, -0.05) is 19.1 Å². The van der Waals surface area contributed by atoms with Crippen LogP contribution in [-0.4, -0.2) is 16.4 Å². The number of ether oxygens (including phenoxy) is 1. The highest BCUT2D eigenvalue weighted by atomic mass is 16.5. The van der Waals surface area contributed by atoms with Gasteiger partial charge in [-0.15, -0.1) is 0 Å². The van der Waals surface area contributed by atoms with Crippen molar-refractivity contribution in [1.29, 1.82) is 0 Å². The lowest BCUT2D eigenvalue weighted by molar-refractivity contribution is 0.339. The molecule has 0 aliphatic heterocycles. The molecule has 0 fully saturated rings. The number of rotatable bonds is 7. The molecule has 1 heterocycles. The molecule has 0 spiro atoms. The molecule has 0 saturated carbocycles. The molecule has 2 atom stereocenters. The van der Waals surface area contributed by atoms with Gasteiger partial charge in [-0.2, -0.15) is 5.10 Å². The van der Waals surface area contributed by atoms with Gasteiger partial charge in [0.05, 0.1) is 12.3 Å². The summed E-state index contributed by atoms with van der Waals surface area (Å²) >= 11 is 0. The standard InChI is InChI=1S/C17H25N3O/c1-4-13(3)20-10-9-15(19-20)12-17(18)14-7-6-8-16(11-14)21-5-2/h6-11,13,17H,4-5,12,18H2,1-3H3. The normalized spacial score (nSPS) is 13.9. The molecule has 2 N–H and O–H groups in total. The van der Waals surface area contributed by atoms with Gasteiger partial charge < -0.3 is 10.5 Å². The first-order chi connectivity index (χ1) is 10.1. The smallest absolute Gasteiger partial charge is 0.119 e. The maximum absolute atomic E-state index is 6.31. The lowest BCUT2D eigenvalue weighted by Gasteiger charge is -2.13. The lowest BCUT2D eigenvalue weighted by Crippen LogP contribution is -2.14. The molecule has 0 aliphatic carbocycles. The highest BCUT2D eigenvalue weighted by Gasteiger charge is 2.11. The zero-order chi connectivity index (χ0) is 15.2. The second kappa shape index (κ2) is 7.27. The predicted molar refractivity (Wildman–Crippen MR) is 85.5 cm³/mol. The van der Waals surface area contributed by atoms with Gasteiger partial charge in [0.1, 0.15) is 5.75 Å². The van der Waals surface area contributed by atoms with Gasteiger partial charge in [0.25, 0.3) is 0 Å². The summed E-state index contributed by atoms with van der Waals surface area (Å²) in [7, 11) is 0. The predicted octanol–water partition coefficient (Wildman–Crippen LogP) is 3.50. The minimum Gasteiger partial charge on any atom is -0.494 e. The van der Waals surface area contributed by atoms with Gasteiger partial charge in [0, 0.05) is 24.7 Å². The van der Waals surface area contributed by atoms with Crippen LogP contribution in [0.5, 0.6) is 5.75 Å². The van der Waals surface area contributed by atoms with E-state index in [1.165, 1.54) is 0 Å². The third-order valence-corrected chi connectivity index (χ3v) is 3.73. The molecule has 0 radical (unpaired) electrons. The van der Waals surface area contributed by atoms with Gasteiger partial charge >= 0.3 is 0 Å². The summed E-state index contributed by atoms with van der Waals surface area (Å²) in [5.41, 5.74) is 8.42. The van der Waals surface area contributed by atoms with Crippen LogP contribution in [0.2, 0.25) is 0 Å². The Morgan fingerprint density at radius 3 is 2.81 bits per heavy atom. The van der Waals surface area contributed by atoms with Gasteiger partial charge in [-0.05, 0) is 44.0 Å². The maximum atomic E-state index is 6.31. The second-order valence-electron chi connectivity index (χ2n) is 5.36. The molecule has 0 aliphatic rings. The molecule has 1 aromatic carbocycles. The van der Waals surface area contributed by atoms with Gasteiger partial charge in [0.15, 0.2) is 0 Å². The van der Waals surface area contributed by atoms with E-state index >= 15 is 0 Å². The minimum absolute atomic E-state index is 0.0642. The Balaban J connectivity index is 2.05. The van der Waals surface area contributed by atoms with Crippen LogP contribution < -0.4 is 10.5 Å². The Labute approximate surface area is 126 Å². The number of nitrogens with zero attached hydrogens (tertiary/aromatic N) is 2. The molecule has 114 valence electrons. The van der Waals surface area contributed by atoms with Crippen molar-refractivity contribution in [2.24, 2.45) is 5.73 Å². The third-order valence-electron chi connectivity index (χ3n) is 3.73. The summed E-state index contributed by atoms with van der Waals surface area (Å²) in [5, 5.41) is 4.61. The molecule has 4 heteroatoms. The first-order valence-corrected chi connectivity index (χ1v) is 7.66. The fourth-order valence-corrected chi connectivity index (χ4v) is 2.26. The average molecular weight is 287 g/mol. The van der Waals surface area contributed by atoms with Crippen LogP contribution in [0.3, 0.4) is 0 Å². The number of aromatic nitrogens is 2. The van der Waals surface area contributed by atoms with Crippen molar-refractivity contribution in [3.63, 3.8) is 0 Å². The maximum Gasteiger partial charge on any atom is 0.119 e. The van der Waals surface area contributed by atoms with Gasteiger partial charge in [-0.25, -0.2) is 0 Å². The van der Waals surface area contributed by atoms with Crippen LogP contribution in [0, 0.1) is 0 Å². The zero-order valence-corrected chi connectivity index (χ0v) is 13.1. The molecule has 21 heavy (non-hydrogen) atoms. The van der Waals surface area contributed by atoms with E-state index in [1.807, 2.05) is 42.1 Å². The first-order valence-electron chi connectivity index (χ1n) is 7.66. The summed E-state index contributed by atoms with van der Waals surface area (Å²) in [6.07, 6.45) is 3.84. The Morgan fingerprint density at radius 1 is 1.29 bits per heavy atom. The first kappa shape index (κ1) is 15.6. The van der Waals surface area contributed by atoms with E-state index in [9.17, 15) is 0 Å². The summed E-state index contributed by atoms with van der Waals surface area (Å²) in [6, 6.07) is 10.4. The van der Waals surface area contributed by atoms with Crippen LogP contribution in [0.4, 0.5) is 0 Å². The fourth-order valence-electron chi connectivity index (χ4n) is 2.26. The van der Waals surface area contributed by atoms with Crippen LogP contribution in [0.1, 0.15) is 50.5 Å². The topological polar surface area (TPSA) is 53.1 Å². The SMILES string of the molecule is CCOc1cccc(C(N)Cc2ccn(C(C)CC)n2)c1. The highest BCUT2D eigenvalue weighted by molar-refractivity contribution is 5.31. The second-order valence-corrected chi connectivity index (χ2v) is 5.36. The number of hydrogen-bond donors (Lipinski definition) is 1. The van der Waals surface area contributed by atoms with Crippen molar-refractivity contribution in [3.05, 3.63) is 47.8 Å². The van der Waals surface area contributed by atoms with Crippen molar-refractivity contribution in [2.75, 3.05) is 6.61 Å². The largest absolute Gasteiger partial charge is 0.494 e. The Kier molecular flexibility index (Phi) is 5.39. The van der Waals surface area contributed by atoms with Gasteiger partial charge in [-0.3, -0.25) is 4.68 Å². The van der Waals surface area contributed by atoms with E-state index < -0.39 is 0 Å². The third kappa shape index (κ3) is 4.08. The van der Waals surface area contributed by atoms with E-state index in [0.29, 0.717) is 12.6 Å². The molecule has 2 unspecified atom stereocenters. The molecule has 1 aromatic heterocycles. The monoisotopic (exact) mass is 287 g/mol. The molecular weight excluding hydrogens is 262 g/mol. The van der Waals surface area contributed by atoms with Crippen molar-refractivity contribution in [3.8, 4) is 5.75 Å². The van der Waals surface area contributed by atoms with E-state index in [4.69, 9.17) is 10.5 Å². The zero-order valence-electron chi connectivity index (χ0n) is 13.1. The number of nitrogens with two attached hydrogens (primary N) is 1. The Hall–Kier alpha value is -1.81. The summed E-state index contributed by atoms with van der Waals surface area (Å²) in [5.74, 6) is 0.871. The van der Waals surface area contributed by atoms with Crippen molar-refractivity contribution in [1.82, 2.24) is 9.78 Å². The highest BCUT2D eigenvalue weighted by Crippen LogP contribution is 2.21. The Bertz CT molecular complexity index is 565. The van der Waals surface area contributed by atoms with E-state index in [2.05, 4.69) is 25.0 Å². The quantitative estimate of drug-likeness (QED) is 0.848. The summed E-state index contributed by atoms with van der Waals surface area (Å²) < 4.78 is 7.53. The van der Waals surface area contributed by atoms with Crippen molar-refractivity contribution >= 4 is 0 Å². The fraction of sp³-hybridized carbons (Fsp3) is 0.471.